The summed E-state index contributed by atoms with van der Waals surface area (Å²) < 4.78 is 93.4. The van der Waals surface area contributed by atoms with E-state index in [1.165, 1.54) is 43.0 Å². The first kappa shape index (κ1) is 59.3. The number of amides is 4. The Kier molecular flexibility index (Phi) is 16.4. The predicted octanol–water partition coefficient (Wildman–Crippen LogP) is 10.8. The number of aryl methyl sites for hydroxylation is 4. The van der Waals surface area contributed by atoms with E-state index in [2.05, 4.69) is 44.6 Å². The lowest BCUT2D eigenvalue weighted by molar-refractivity contribution is -0.113. The van der Waals surface area contributed by atoms with E-state index in [0.717, 1.165) is 61.2 Å². The summed E-state index contributed by atoms with van der Waals surface area (Å²) in [5, 5.41) is 14.8. The number of alkyl halides is 4. The number of imidazole rings is 2. The summed E-state index contributed by atoms with van der Waals surface area (Å²) in [4.78, 5) is 72.9. The highest BCUT2D eigenvalue weighted by Gasteiger charge is 2.48. The largest absolute Gasteiger partial charge is 0.340 e. The molecule has 8 heterocycles. The average molecular weight is 1190 g/mol. The molecule has 2 atom stereocenters. The third kappa shape index (κ3) is 11.4. The number of carbonyl (C=O) groups is 4. The van der Waals surface area contributed by atoms with Gasteiger partial charge in [-0.25, -0.2) is 36.3 Å². The second kappa shape index (κ2) is 23.8. The van der Waals surface area contributed by atoms with Gasteiger partial charge in [0.2, 0.25) is 0 Å². The van der Waals surface area contributed by atoms with Crippen LogP contribution in [0.4, 0.5) is 26.3 Å². The maximum atomic E-state index is 16.4. The zero-order valence-corrected chi connectivity index (χ0v) is 48.7. The van der Waals surface area contributed by atoms with Gasteiger partial charge >= 0.3 is 0 Å². The monoisotopic (exact) mass is 1190 g/mol. The van der Waals surface area contributed by atoms with E-state index in [1.54, 1.807) is 75.3 Å². The first-order valence-electron chi connectivity index (χ1n) is 29.3. The van der Waals surface area contributed by atoms with E-state index in [-0.39, 0.29) is 68.1 Å². The molecule has 86 heavy (non-hydrogen) atoms. The van der Waals surface area contributed by atoms with Crippen LogP contribution in [-0.2, 0) is 27.2 Å². The van der Waals surface area contributed by atoms with Crippen molar-refractivity contribution in [2.75, 3.05) is 26.2 Å². The van der Waals surface area contributed by atoms with Gasteiger partial charge in [0, 0.05) is 86.6 Å². The molecule has 2 saturated carbocycles. The smallest absolute Gasteiger partial charge is 0.282 e. The Morgan fingerprint density at radius 1 is 0.558 bits per heavy atom. The Hall–Kier alpha value is -8.44. The highest BCUT2D eigenvalue weighted by Crippen LogP contribution is 2.42. The third-order valence-electron chi connectivity index (χ3n) is 17.7. The second-order valence-electron chi connectivity index (χ2n) is 23.5. The molecule has 4 aliphatic rings. The fraction of sp³-hybridized carbons (Fsp3) is 0.452. The number of nitrogens with zero attached hydrogens (tertiary/aromatic N) is 12. The van der Waals surface area contributed by atoms with Crippen LogP contribution in [0, 0.1) is 35.3 Å². The molecule has 4 amide bonds. The summed E-state index contributed by atoms with van der Waals surface area (Å²) in [6.07, 6.45) is 16.3. The summed E-state index contributed by atoms with van der Waals surface area (Å²) in [6, 6.07) is 11.7. The van der Waals surface area contributed by atoms with E-state index in [4.69, 9.17) is 9.97 Å². The van der Waals surface area contributed by atoms with E-state index >= 15 is 8.78 Å². The third-order valence-corrected chi connectivity index (χ3v) is 17.7. The number of aromatic nitrogens is 10. The van der Waals surface area contributed by atoms with Gasteiger partial charge in [-0.15, -0.1) is 0 Å². The summed E-state index contributed by atoms with van der Waals surface area (Å²) in [5.41, 5.74) is 2.94. The molecular formula is C62H68F6N14O4. The van der Waals surface area contributed by atoms with Crippen molar-refractivity contribution >= 4 is 45.7 Å². The number of halogens is 6. The minimum atomic E-state index is -2.92. The molecule has 2 aliphatic carbocycles. The van der Waals surface area contributed by atoms with Gasteiger partial charge in [-0.2, -0.15) is 10.2 Å². The van der Waals surface area contributed by atoms with Crippen LogP contribution in [0.3, 0.4) is 0 Å². The number of rotatable bonds is 14. The molecular weight excluding hydrogens is 1120 g/mol. The molecule has 0 spiro atoms. The Balaban J connectivity index is 0.000000179. The van der Waals surface area contributed by atoms with Crippen molar-refractivity contribution in [2.24, 2.45) is 37.8 Å². The first-order chi connectivity index (χ1) is 41.1. The lowest BCUT2D eigenvalue weighted by Gasteiger charge is -2.38. The molecule has 2 N–H and O–H groups in total. The van der Waals surface area contributed by atoms with Crippen LogP contribution in [0.5, 0.6) is 0 Å². The molecule has 2 saturated heterocycles. The molecule has 2 aromatic carbocycles. The summed E-state index contributed by atoms with van der Waals surface area (Å²) >= 11 is 0. The fourth-order valence-corrected chi connectivity index (χ4v) is 12.7. The highest BCUT2D eigenvalue weighted by molar-refractivity contribution is 6.03. The zero-order valence-electron chi connectivity index (χ0n) is 48.7. The molecule has 0 unspecified atom stereocenters. The maximum Gasteiger partial charge on any atom is 0.282 e. The van der Waals surface area contributed by atoms with Crippen molar-refractivity contribution in [1.82, 2.24) is 69.1 Å². The van der Waals surface area contributed by atoms with Crippen molar-refractivity contribution in [3.63, 3.8) is 0 Å². The van der Waals surface area contributed by atoms with Crippen LogP contribution >= 0.6 is 0 Å². The van der Waals surface area contributed by atoms with Crippen LogP contribution in [0.15, 0.2) is 85.7 Å². The normalized spacial score (nSPS) is 20.6. The molecule has 0 radical (unpaired) electrons. The number of hydrogen-bond donors (Lipinski definition) is 2. The fourth-order valence-electron chi connectivity index (χ4n) is 12.7. The summed E-state index contributed by atoms with van der Waals surface area (Å²) in [6.45, 7) is 6.65. The van der Waals surface area contributed by atoms with Crippen molar-refractivity contribution in [2.45, 2.75) is 116 Å². The average Bonchev–Trinajstić information content (AvgIpc) is 1.58. The Labute approximate surface area is 492 Å². The van der Waals surface area contributed by atoms with Crippen molar-refractivity contribution in [3.05, 3.63) is 132 Å². The lowest BCUT2D eigenvalue weighted by Crippen LogP contribution is -2.58. The van der Waals surface area contributed by atoms with Crippen molar-refractivity contribution in [1.29, 1.82) is 0 Å². The number of carbonyl (C=O) groups excluding carboxylic acids is 4. The molecule has 18 nitrogen and oxygen atoms in total. The standard InChI is InChI=1S/2C31H34F3N7O2/c1-4-41-24(12-14-36-41)29(42)38-26(19-7-5-18(2)6-8-19)28-37-27-23(39(28)3)10-9-20(25(27)32)22-15-35-13-11-21(22)30(43)40-16-31(33,34)17-40;1-4-41-24(12-14-36-41)29(42)38-26(19-7-5-18(2)6-8-19)28-37-23-10-9-20(25(32)27(23)39(28)3)22-15-35-13-11-21(22)30(43)40-16-31(33,34)17-40/h2*9-15,18-19,26H,4-8,16-17H2,1-3H3,(H,38,42)/t2*18?,19?,26-/m00/s1. The number of fused-ring (bicyclic) bond motifs is 2. The van der Waals surface area contributed by atoms with Gasteiger partial charge in [0.1, 0.15) is 34.1 Å². The van der Waals surface area contributed by atoms with Crippen molar-refractivity contribution < 1.29 is 45.5 Å². The number of nitrogens with one attached hydrogen (secondary N) is 2. The minimum absolute atomic E-state index is 0.0916. The molecule has 8 aromatic rings. The van der Waals surface area contributed by atoms with Gasteiger partial charge in [-0.05, 0) is 112 Å². The van der Waals surface area contributed by atoms with Crippen molar-refractivity contribution in [3.8, 4) is 22.3 Å². The summed E-state index contributed by atoms with van der Waals surface area (Å²) in [7, 11) is 3.52. The number of benzene rings is 2. The molecule has 6 aromatic heterocycles. The Morgan fingerprint density at radius 2 is 1.00 bits per heavy atom. The maximum absolute atomic E-state index is 16.4. The minimum Gasteiger partial charge on any atom is -0.340 e. The Bertz CT molecular complexity index is 3780. The van der Waals surface area contributed by atoms with E-state index in [0.29, 0.717) is 59.0 Å². The molecule has 0 bridgehead atoms. The van der Waals surface area contributed by atoms with Crippen LogP contribution in [0.1, 0.15) is 144 Å². The van der Waals surface area contributed by atoms with Gasteiger partial charge in [0.05, 0.1) is 60.4 Å². The molecule has 2 aliphatic heterocycles. The van der Waals surface area contributed by atoms with Gasteiger partial charge in [-0.3, -0.25) is 38.5 Å². The topological polar surface area (TPSA) is 196 Å². The van der Waals surface area contributed by atoms with Gasteiger partial charge < -0.3 is 29.6 Å². The first-order valence-corrected chi connectivity index (χ1v) is 29.3. The van der Waals surface area contributed by atoms with Crippen LogP contribution in [-0.4, -0.2) is 120 Å². The summed E-state index contributed by atoms with van der Waals surface area (Å²) in [5.74, 6) is -6.39. The van der Waals surface area contributed by atoms with Crippen LogP contribution < -0.4 is 10.6 Å². The van der Waals surface area contributed by atoms with Crippen LogP contribution in [0.2, 0.25) is 0 Å². The lowest BCUT2D eigenvalue weighted by atomic mass is 9.79. The number of pyridine rings is 2. The molecule has 24 heteroatoms. The number of likely N-dealkylation sites (tertiary alicyclic amines) is 2. The van der Waals surface area contributed by atoms with Gasteiger partial charge in [0.25, 0.3) is 35.5 Å². The SMILES string of the molecule is CCn1nccc1C(=O)N[C@H](c1nc2c(F)c(-c3cnccc3C(=O)N3CC(F)(F)C3)ccc2n1C)C1CCC(C)CC1.CCn1nccc1C(=O)N[C@H](c1nc2ccc(-c3cnccc3C(=O)N3CC(F)(F)C3)c(F)c2n1C)C1CCC(C)CC1. The van der Waals surface area contributed by atoms with E-state index in [1.807, 2.05) is 13.8 Å². The van der Waals surface area contributed by atoms with E-state index < -0.39 is 73.6 Å². The highest BCUT2D eigenvalue weighted by atomic mass is 19.3. The van der Waals surface area contributed by atoms with E-state index in [9.17, 15) is 36.7 Å². The molecule has 12 rings (SSSR count). The van der Waals surface area contributed by atoms with Gasteiger partial charge in [-0.1, -0.05) is 39.5 Å². The second-order valence-corrected chi connectivity index (χ2v) is 23.5. The Morgan fingerprint density at radius 3 is 1.45 bits per heavy atom. The quantitative estimate of drug-likeness (QED) is 0.0989. The predicted molar refractivity (Wildman–Crippen MR) is 308 cm³/mol. The van der Waals surface area contributed by atoms with Crippen LogP contribution in [0.25, 0.3) is 44.3 Å². The molecule has 452 valence electrons. The van der Waals surface area contributed by atoms with Gasteiger partial charge in [0.15, 0.2) is 11.6 Å². The number of hydrogen-bond acceptors (Lipinski definition) is 10. The zero-order chi connectivity index (χ0) is 60.9. The molecule has 4 fully saturated rings.